The summed E-state index contributed by atoms with van der Waals surface area (Å²) in [6, 6.07) is 10.2. The van der Waals surface area contributed by atoms with Gasteiger partial charge in [-0.05, 0) is 36.6 Å². The van der Waals surface area contributed by atoms with Gasteiger partial charge in [-0.2, -0.15) is 0 Å². The molecule has 7 nitrogen and oxygen atoms in total. The van der Waals surface area contributed by atoms with Crippen molar-refractivity contribution < 1.29 is 23.9 Å². The average Bonchev–Trinajstić information content (AvgIpc) is 3.04. The van der Waals surface area contributed by atoms with Gasteiger partial charge in [-0.3, -0.25) is 9.59 Å². The third-order valence-corrected chi connectivity index (χ3v) is 5.16. The number of esters is 2. The Morgan fingerprint density at radius 1 is 1.20 bits per heavy atom. The number of hydrogen-bond acceptors (Lipinski definition) is 6. The topological polar surface area (TPSA) is 94.6 Å². The maximum atomic E-state index is 12.6. The molecular weight excluding hydrogens is 384 g/mol. The van der Waals surface area contributed by atoms with Crippen LogP contribution in [0.2, 0.25) is 0 Å². The fourth-order valence-corrected chi connectivity index (χ4v) is 3.50. The highest BCUT2D eigenvalue weighted by molar-refractivity contribution is 5.97. The van der Waals surface area contributed by atoms with Gasteiger partial charge < -0.3 is 14.8 Å². The van der Waals surface area contributed by atoms with Crippen LogP contribution in [-0.4, -0.2) is 35.0 Å². The van der Waals surface area contributed by atoms with Gasteiger partial charge in [-0.25, -0.2) is 9.78 Å². The summed E-state index contributed by atoms with van der Waals surface area (Å²) in [6.07, 6.45) is 2.68. The summed E-state index contributed by atoms with van der Waals surface area (Å²) in [4.78, 5) is 41.0. The molecule has 0 spiro atoms. The first-order valence-electron chi connectivity index (χ1n) is 10.2. The Morgan fingerprint density at radius 2 is 1.97 bits per heavy atom. The van der Waals surface area contributed by atoms with Crippen LogP contribution in [0.4, 0.5) is 0 Å². The van der Waals surface area contributed by atoms with Crippen molar-refractivity contribution >= 4 is 17.8 Å². The molecule has 1 aromatic carbocycles. The number of nitrogens with one attached hydrogen (secondary N) is 1. The second-order valence-corrected chi connectivity index (χ2v) is 7.44. The smallest absolute Gasteiger partial charge is 0.328 e. The maximum absolute atomic E-state index is 12.6. The molecule has 2 unspecified atom stereocenters. The monoisotopic (exact) mass is 410 g/mol. The summed E-state index contributed by atoms with van der Waals surface area (Å²) in [5, 5.41) is 2.58. The number of carbonyl (C=O) groups is 3. The standard InChI is InChI=1S/C23H26N2O5/c1-4-8-20(26)29-18-11-7-12-24-21(18)22(27)25-15(3)23(28)30-19-13-16-9-5-6-10-17(16)14(19)2/h5-7,9-12,14-15,19H,4,8,13H2,1-3H3,(H,25,27)/t14?,15-,19?/m0/s1. The number of benzene rings is 1. The van der Waals surface area contributed by atoms with Crippen molar-refractivity contribution in [3.8, 4) is 5.75 Å². The van der Waals surface area contributed by atoms with Crippen molar-refractivity contribution in [1.82, 2.24) is 10.3 Å². The predicted molar refractivity (Wildman–Crippen MR) is 110 cm³/mol. The van der Waals surface area contributed by atoms with Crippen molar-refractivity contribution in [1.29, 1.82) is 0 Å². The van der Waals surface area contributed by atoms with Gasteiger partial charge in [0.25, 0.3) is 5.91 Å². The zero-order chi connectivity index (χ0) is 21.7. The van der Waals surface area contributed by atoms with E-state index in [0.29, 0.717) is 12.8 Å². The maximum Gasteiger partial charge on any atom is 0.328 e. The number of nitrogens with zero attached hydrogens (tertiary/aromatic N) is 1. The molecule has 1 N–H and O–H groups in total. The minimum absolute atomic E-state index is 0.0526. The Labute approximate surface area is 175 Å². The van der Waals surface area contributed by atoms with E-state index >= 15 is 0 Å². The Hall–Kier alpha value is -3.22. The van der Waals surface area contributed by atoms with E-state index in [2.05, 4.69) is 10.3 Å². The van der Waals surface area contributed by atoms with Crippen LogP contribution in [0, 0.1) is 0 Å². The minimum atomic E-state index is -0.880. The molecule has 30 heavy (non-hydrogen) atoms. The van der Waals surface area contributed by atoms with Crippen LogP contribution in [0.15, 0.2) is 42.6 Å². The molecule has 1 aliphatic carbocycles. The van der Waals surface area contributed by atoms with E-state index in [-0.39, 0.29) is 29.9 Å². The SMILES string of the molecule is CCCC(=O)Oc1cccnc1C(=O)N[C@@H](C)C(=O)OC1Cc2ccccc2C1C. The zero-order valence-electron chi connectivity index (χ0n) is 17.4. The number of amides is 1. The average molecular weight is 410 g/mol. The van der Waals surface area contributed by atoms with E-state index in [1.807, 2.05) is 38.1 Å². The van der Waals surface area contributed by atoms with Crippen LogP contribution in [0.3, 0.4) is 0 Å². The van der Waals surface area contributed by atoms with E-state index in [1.165, 1.54) is 23.4 Å². The first-order valence-corrected chi connectivity index (χ1v) is 10.2. The van der Waals surface area contributed by atoms with Crippen LogP contribution < -0.4 is 10.1 Å². The summed E-state index contributed by atoms with van der Waals surface area (Å²) in [6.45, 7) is 5.44. The molecule has 3 atom stereocenters. The van der Waals surface area contributed by atoms with Crippen molar-refractivity contribution in [3.63, 3.8) is 0 Å². The lowest BCUT2D eigenvalue weighted by Gasteiger charge is -2.20. The molecule has 0 bridgehead atoms. The van der Waals surface area contributed by atoms with Gasteiger partial charge in [0.15, 0.2) is 11.4 Å². The Bertz CT molecular complexity index is 943. The van der Waals surface area contributed by atoms with Gasteiger partial charge in [-0.1, -0.05) is 38.1 Å². The summed E-state index contributed by atoms with van der Waals surface area (Å²) in [5.41, 5.74) is 2.30. The quantitative estimate of drug-likeness (QED) is 0.705. The number of rotatable bonds is 7. The molecule has 1 amide bonds. The summed E-state index contributed by atoms with van der Waals surface area (Å²) >= 11 is 0. The van der Waals surface area contributed by atoms with Crippen LogP contribution in [-0.2, 0) is 20.7 Å². The van der Waals surface area contributed by atoms with Crippen molar-refractivity contribution in [3.05, 3.63) is 59.4 Å². The number of pyridine rings is 1. The molecular formula is C23H26N2O5. The molecule has 0 saturated heterocycles. The molecule has 158 valence electrons. The lowest BCUT2D eigenvalue weighted by atomic mass is 10.0. The van der Waals surface area contributed by atoms with E-state index in [0.717, 1.165) is 0 Å². The van der Waals surface area contributed by atoms with Crippen LogP contribution >= 0.6 is 0 Å². The largest absolute Gasteiger partial charge is 0.460 e. The zero-order valence-corrected chi connectivity index (χ0v) is 17.4. The number of fused-ring (bicyclic) bond motifs is 1. The van der Waals surface area contributed by atoms with Gasteiger partial charge in [0.1, 0.15) is 12.1 Å². The molecule has 1 heterocycles. The van der Waals surface area contributed by atoms with Crippen molar-refractivity contribution in [2.75, 3.05) is 0 Å². The first-order chi connectivity index (χ1) is 14.4. The second-order valence-electron chi connectivity index (χ2n) is 7.44. The van der Waals surface area contributed by atoms with Crippen LogP contribution in [0.25, 0.3) is 0 Å². The molecule has 0 radical (unpaired) electrons. The molecule has 1 aliphatic rings. The number of carbonyl (C=O) groups excluding carboxylic acids is 3. The van der Waals surface area contributed by atoms with Crippen molar-refractivity contribution in [2.24, 2.45) is 0 Å². The fraction of sp³-hybridized carbons (Fsp3) is 0.391. The third-order valence-electron chi connectivity index (χ3n) is 5.16. The van der Waals surface area contributed by atoms with Gasteiger partial charge in [0, 0.05) is 25.0 Å². The van der Waals surface area contributed by atoms with E-state index < -0.39 is 23.9 Å². The van der Waals surface area contributed by atoms with Crippen LogP contribution in [0.1, 0.15) is 61.1 Å². The van der Waals surface area contributed by atoms with E-state index in [1.54, 1.807) is 13.0 Å². The molecule has 0 fully saturated rings. The Balaban J connectivity index is 1.61. The summed E-state index contributed by atoms with van der Waals surface area (Å²) < 4.78 is 10.9. The van der Waals surface area contributed by atoms with E-state index in [9.17, 15) is 14.4 Å². The number of aromatic nitrogens is 1. The molecule has 7 heteroatoms. The highest BCUT2D eigenvalue weighted by Gasteiger charge is 2.33. The lowest BCUT2D eigenvalue weighted by Crippen LogP contribution is -2.41. The Morgan fingerprint density at radius 3 is 2.70 bits per heavy atom. The second kappa shape index (κ2) is 9.52. The highest BCUT2D eigenvalue weighted by Crippen LogP contribution is 2.34. The van der Waals surface area contributed by atoms with Gasteiger partial charge in [-0.15, -0.1) is 0 Å². The predicted octanol–water partition coefficient (Wildman–Crippen LogP) is 3.18. The fourth-order valence-electron chi connectivity index (χ4n) is 3.50. The third kappa shape index (κ3) is 4.84. The molecule has 3 rings (SSSR count). The first kappa shape index (κ1) is 21.5. The normalized spacial score (nSPS) is 18.2. The van der Waals surface area contributed by atoms with Gasteiger partial charge >= 0.3 is 11.9 Å². The van der Waals surface area contributed by atoms with Gasteiger partial charge in [0.2, 0.25) is 0 Å². The van der Waals surface area contributed by atoms with E-state index in [4.69, 9.17) is 9.47 Å². The summed E-state index contributed by atoms with van der Waals surface area (Å²) in [7, 11) is 0. The van der Waals surface area contributed by atoms with Gasteiger partial charge in [0.05, 0.1) is 0 Å². The molecule has 0 saturated carbocycles. The number of ether oxygens (including phenoxy) is 2. The molecule has 2 aromatic rings. The Kier molecular flexibility index (Phi) is 6.82. The minimum Gasteiger partial charge on any atom is -0.460 e. The van der Waals surface area contributed by atoms with Crippen LogP contribution in [0.5, 0.6) is 5.75 Å². The van der Waals surface area contributed by atoms with Crippen molar-refractivity contribution in [2.45, 2.75) is 58.1 Å². The highest BCUT2D eigenvalue weighted by atomic mass is 16.5. The molecule has 0 aliphatic heterocycles. The molecule has 1 aromatic heterocycles. The number of hydrogen-bond donors (Lipinski definition) is 1. The lowest BCUT2D eigenvalue weighted by molar-refractivity contribution is -0.151. The summed E-state index contributed by atoms with van der Waals surface area (Å²) in [5.74, 6) is -1.42.